The third-order valence-electron chi connectivity index (χ3n) is 3.36. The minimum absolute atomic E-state index is 0.190. The van der Waals surface area contributed by atoms with Gasteiger partial charge in [-0.2, -0.15) is 4.99 Å². The topological polar surface area (TPSA) is 78.9 Å². The van der Waals surface area contributed by atoms with Crippen LogP contribution < -0.4 is 14.3 Å². The molecule has 0 unspecified atom stereocenters. The number of hydrogen-bond donors (Lipinski definition) is 0. The molecule has 2 heterocycles. The van der Waals surface area contributed by atoms with Gasteiger partial charge < -0.3 is 18.6 Å². The lowest BCUT2D eigenvalue weighted by molar-refractivity contribution is 0.0989. The number of ether oxygens (including phenoxy) is 2. The molecule has 1 aromatic carbocycles. The van der Waals surface area contributed by atoms with Crippen LogP contribution in [-0.4, -0.2) is 29.9 Å². The first kappa shape index (κ1) is 15.3. The maximum Gasteiger partial charge on any atom is 0.301 e. The Kier molecular flexibility index (Phi) is 3.91. The molecule has 120 valence electrons. The zero-order valence-corrected chi connectivity index (χ0v) is 13.9. The fourth-order valence-corrected chi connectivity index (χ4v) is 3.20. The Balaban J connectivity index is 2.13. The molecule has 0 radical (unpaired) electrons. The molecule has 0 atom stereocenters. The number of thiazole rings is 1. The summed E-state index contributed by atoms with van der Waals surface area (Å²) in [5, 5.41) is 3.69. The van der Waals surface area contributed by atoms with Gasteiger partial charge in [0.15, 0.2) is 22.0 Å². The number of carbonyl (C=O) groups excluding carboxylic acids is 1. The summed E-state index contributed by atoms with van der Waals surface area (Å²) < 4.78 is 18.3. The van der Waals surface area contributed by atoms with Crippen molar-refractivity contribution in [1.82, 2.24) is 9.72 Å². The first-order valence-electron chi connectivity index (χ1n) is 6.77. The van der Waals surface area contributed by atoms with Crippen LogP contribution in [0.25, 0.3) is 10.2 Å². The van der Waals surface area contributed by atoms with Crippen LogP contribution in [0, 0.1) is 6.92 Å². The zero-order chi connectivity index (χ0) is 16.6. The van der Waals surface area contributed by atoms with Crippen LogP contribution in [0.3, 0.4) is 0 Å². The molecule has 0 N–H and O–H groups in total. The SMILES string of the molecule is COc1cc2sc(=NC(=O)c3cc(C)on3)n(C)c2cc1OC. The van der Waals surface area contributed by atoms with E-state index in [2.05, 4.69) is 10.1 Å². The molecule has 0 aliphatic carbocycles. The minimum Gasteiger partial charge on any atom is -0.493 e. The Morgan fingerprint density at radius 2 is 1.96 bits per heavy atom. The molecule has 1 amide bonds. The number of fused-ring (bicyclic) bond motifs is 1. The highest BCUT2D eigenvalue weighted by Crippen LogP contribution is 2.32. The van der Waals surface area contributed by atoms with Gasteiger partial charge in [-0.15, -0.1) is 0 Å². The van der Waals surface area contributed by atoms with E-state index < -0.39 is 5.91 Å². The second kappa shape index (κ2) is 5.88. The number of methoxy groups -OCH3 is 2. The van der Waals surface area contributed by atoms with Gasteiger partial charge in [-0.3, -0.25) is 4.79 Å². The molecule has 3 aromatic rings. The Morgan fingerprint density at radius 3 is 2.57 bits per heavy atom. The standard InChI is InChI=1S/C15H15N3O4S/c1-8-5-9(17-22-8)14(19)16-15-18(2)10-6-11(20-3)12(21-4)7-13(10)23-15/h5-7H,1-4H3. The average molecular weight is 333 g/mol. The van der Waals surface area contributed by atoms with Gasteiger partial charge in [0.1, 0.15) is 5.76 Å². The number of aromatic nitrogens is 2. The highest BCUT2D eigenvalue weighted by Gasteiger charge is 2.13. The lowest BCUT2D eigenvalue weighted by Gasteiger charge is -2.07. The highest BCUT2D eigenvalue weighted by molar-refractivity contribution is 7.16. The van der Waals surface area contributed by atoms with Crippen LogP contribution in [0.2, 0.25) is 0 Å². The normalized spacial score (nSPS) is 11.9. The van der Waals surface area contributed by atoms with Crippen molar-refractivity contribution in [3.8, 4) is 11.5 Å². The van der Waals surface area contributed by atoms with Gasteiger partial charge in [0, 0.05) is 25.2 Å². The summed E-state index contributed by atoms with van der Waals surface area (Å²) >= 11 is 1.38. The molecule has 7 nitrogen and oxygen atoms in total. The fraction of sp³-hybridized carbons (Fsp3) is 0.267. The minimum atomic E-state index is -0.442. The van der Waals surface area contributed by atoms with Gasteiger partial charge in [-0.1, -0.05) is 16.5 Å². The summed E-state index contributed by atoms with van der Waals surface area (Å²) in [5.74, 6) is 1.38. The number of carbonyl (C=O) groups is 1. The van der Waals surface area contributed by atoms with Crippen molar-refractivity contribution in [1.29, 1.82) is 0 Å². The molecule has 0 spiro atoms. The third kappa shape index (κ3) is 2.72. The summed E-state index contributed by atoms with van der Waals surface area (Å²) in [5.41, 5.74) is 1.09. The second-order valence-corrected chi connectivity index (χ2v) is 5.87. The van der Waals surface area contributed by atoms with Crippen LogP contribution in [-0.2, 0) is 7.05 Å². The van der Waals surface area contributed by atoms with Gasteiger partial charge in [0.2, 0.25) is 0 Å². The molecular formula is C15H15N3O4S. The maximum absolute atomic E-state index is 12.2. The summed E-state index contributed by atoms with van der Waals surface area (Å²) in [6.07, 6.45) is 0. The van der Waals surface area contributed by atoms with Crippen molar-refractivity contribution in [2.75, 3.05) is 14.2 Å². The number of benzene rings is 1. The van der Waals surface area contributed by atoms with E-state index in [1.165, 1.54) is 11.3 Å². The average Bonchev–Trinajstić information content (AvgIpc) is 3.10. The first-order valence-corrected chi connectivity index (χ1v) is 7.59. The molecular weight excluding hydrogens is 318 g/mol. The molecule has 23 heavy (non-hydrogen) atoms. The smallest absolute Gasteiger partial charge is 0.301 e. The number of amides is 1. The van der Waals surface area contributed by atoms with E-state index >= 15 is 0 Å². The predicted octanol–water partition coefficient (Wildman–Crippen LogP) is 2.29. The van der Waals surface area contributed by atoms with Gasteiger partial charge >= 0.3 is 5.91 Å². The Morgan fingerprint density at radius 1 is 1.26 bits per heavy atom. The lowest BCUT2D eigenvalue weighted by atomic mass is 10.3. The van der Waals surface area contributed by atoms with E-state index in [4.69, 9.17) is 14.0 Å². The van der Waals surface area contributed by atoms with E-state index in [9.17, 15) is 4.79 Å². The van der Waals surface area contributed by atoms with E-state index in [0.717, 1.165) is 10.2 Å². The molecule has 0 fully saturated rings. The molecule has 0 bridgehead atoms. The number of hydrogen-bond acceptors (Lipinski definition) is 6. The Hall–Kier alpha value is -2.61. The van der Waals surface area contributed by atoms with E-state index in [1.54, 1.807) is 27.2 Å². The molecule has 0 aliphatic heterocycles. The Bertz CT molecular complexity index is 951. The predicted molar refractivity (Wildman–Crippen MR) is 85.0 cm³/mol. The molecule has 8 heteroatoms. The van der Waals surface area contributed by atoms with Crippen molar-refractivity contribution in [2.24, 2.45) is 12.0 Å². The Labute approximate surface area is 135 Å². The van der Waals surface area contributed by atoms with Crippen LogP contribution in [0.5, 0.6) is 11.5 Å². The van der Waals surface area contributed by atoms with Gasteiger partial charge in [-0.05, 0) is 6.92 Å². The second-order valence-electron chi connectivity index (χ2n) is 4.86. The molecule has 3 rings (SSSR count). The fourth-order valence-electron chi connectivity index (χ4n) is 2.17. The summed E-state index contributed by atoms with van der Waals surface area (Å²) in [4.78, 5) is 16.8. The molecule has 0 aliphatic rings. The van der Waals surface area contributed by atoms with Crippen molar-refractivity contribution in [3.63, 3.8) is 0 Å². The lowest BCUT2D eigenvalue weighted by Crippen LogP contribution is -2.13. The quantitative estimate of drug-likeness (QED) is 0.735. The number of aryl methyl sites for hydroxylation is 2. The monoisotopic (exact) mass is 333 g/mol. The maximum atomic E-state index is 12.2. The van der Waals surface area contributed by atoms with Crippen molar-refractivity contribution >= 4 is 27.5 Å². The highest BCUT2D eigenvalue weighted by atomic mass is 32.1. The van der Waals surface area contributed by atoms with Crippen LogP contribution in [0.4, 0.5) is 0 Å². The van der Waals surface area contributed by atoms with Crippen molar-refractivity contribution < 1.29 is 18.8 Å². The van der Waals surface area contributed by atoms with Crippen LogP contribution in [0.1, 0.15) is 16.2 Å². The zero-order valence-electron chi connectivity index (χ0n) is 13.1. The van der Waals surface area contributed by atoms with Crippen LogP contribution >= 0.6 is 11.3 Å². The molecule has 0 saturated carbocycles. The van der Waals surface area contributed by atoms with E-state index in [0.29, 0.717) is 22.1 Å². The number of nitrogens with zero attached hydrogens (tertiary/aromatic N) is 3. The van der Waals surface area contributed by atoms with Crippen LogP contribution in [0.15, 0.2) is 27.7 Å². The van der Waals surface area contributed by atoms with Gasteiger partial charge in [0.25, 0.3) is 0 Å². The molecule has 0 saturated heterocycles. The molecule has 2 aromatic heterocycles. The van der Waals surface area contributed by atoms with E-state index in [1.807, 2.05) is 23.7 Å². The largest absolute Gasteiger partial charge is 0.493 e. The third-order valence-corrected chi connectivity index (χ3v) is 4.45. The van der Waals surface area contributed by atoms with E-state index in [-0.39, 0.29) is 5.69 Å². The van der Waals surface area contributed by atoms with Gasteiger partial charge in [0.05, 0.1) is 24.4 Å². The summed E-state index contributed by atoms with van der Waals surface area (Å²) in [7, 11) is 5.00. The van der Waals surface area contributed by atoms with Gasteiger partial charge in [-0.25, -0.2) is 0 Å². The number of rotatable bonds is 3. The first-order chi connectivity index (χ1) is 11.0. The van der Waals surface area contributed by atoms with Crippen molar-refractivity contribution in [2.45, 2.75) is 6.92 Å². The van der Waals surface area contributed by atoms with Crippen molar-refractivity contribution in [3.05, 3.63) is 34.5 Å². The summed E-state index contributed by atoms with van der Waals surface area (Å²) in [6, 6.07) is 5.28. The summed E-state index contributed by atoms with van der Waals surface area (Å²) in [6.45, 7) is 1.72.